The van der Waals surface area contributed by atoms with Gasteiger partial charge in [-0.3, -0.25) is 9.59 Å². The smallest absolute Gasteiger partial charge is 0.198 e. The van der Waals surface area contributed by atoms with Crippen LogP contribution in [0.2, 0.25) is 0 Å². The maximum Gasteiger partial charge on any atom is 0.198 e. The SMILES string of the molecule is CC(=O)C1(C(C)=O)C(C#N)(C#N)C1(C#N)C#N. The Bertz CT molecular complexity index is 509. The second-order valence-electron chi connectivity index (χ2n) is 3.81. The Morgan fingerprint density at radius 3 is 1.06 bits per heavy atom. The summed E-state index contributed by atoms with van der Waals surface area (Å²) in [5, 5.41) is 36.0. The van der Waals surface area contributed by atoms with Crippen LogP contribution in [-0.4, -0.2) is 11.6 Å². The lowest BCUT2D eigenvalue weighted by Gasteiger charge is -2.08. The Balaban J connectivity index is 3.81. The normalized spacial score (nSPS) is 20.8. The highest BCUT2D eigenvalue weighted by Gasteiger charge is 2.96. The van der Waals surface area contributed by atoms with E-state index in [1.54, 1.807) is 0 Å². The summed E-state index contributed by atoms with van der Waals surface area (Å²) in [4.78, 5) is 23.2. The van der Waals surface area contributed by atoms with Crippen LogP contribution >= 0.6 is 0 Å². The van der Waals surface area contributed by atoms with Crippen molar-refractivity contribution in [2.24, 2.45) is 16.2 Å². The van der Waals surface area contributed by atoms with E-state index in [4.69, 9.17) is 21.0 Å². The summed E-state index contributed by atoms with van der Waals surface area (Å²) in [6.45, 7) is 2.00. The van der Waals surface area contributed by atoms with Crippen molar-refractivity contribution in [2.45, 2.75) is 13.8 Å². The average molecular weight is 226 g/mol. The molecule has 1 aliphatic carbocycles. The van der Waals surface area contributed by atoms with Crippen molar-refractivity contribution in [3.63, 3.8) is 0 Å². The van der Waals surface area contributed by atoms with Gasteiger partial charge in [0.15, 0.2) is 16.2 Å². The van der Waals surface area contributed by atoms with Crippen molar-refractivity contribution in [3.05, 3.63) is 0 Å². The molecule has 1 saturated carbocycles. The number of carbonyl (C=O) groups excluding carboxylic acids is 2. The highest BCUT2D eigenvalue weighted by atomic mass is 16.2. The van der Waals surface area contributed by atoms with Gasteiger partial charge in [0.2, 0.25) is 0 Å². The number of ketones is 2. The van der Waals surface area contributed by atoms with Crippen LogP contribution in [-0.2, 0) is 9.59 Å². The van der Waals surface area contributed by atoms with Gasteiger partial charge in [-0.25, -0.2) is 0 Å². The minimum Gasteiger partial charge on any atom is -0.299 e. The zero-order chi connectivity index (χ0) is 13.5. The van der Waals surface area contributed by atoms with E-state index >= 15 is 0 Å². The van der Waals surface area contributed by atoms with Gasteiger partial charge in [0.05, 0.1) is 24.3 Å². The summed E-state index contributed by atoms with van der Waals surface area (Å²) in [7, 11) is 0. The van der Waals surface area contributed by atoms with Crippen LogP contribution in [0.25, 0.3) is 0 Å². The zero-order valence-electron chi connectivity index (χ0n) is 9.11. The van der Waals surface area contributed by atoms with Crippen LogP contribution in [0.3, 0.4) is 0 Å². The summed E-state index contributed by atoms with van der Waals surface area (Å²) < 4.78 is 0. The summed E-state index contributed by atoms with van der Waals surface area (Å²) in [6.07, 6.45) is 0. The van der Waals surface area contributed by atoms with Crippen LogP contribution in [0, 0.1) is 61.6 Å². The Morgan fingerprint density at radius 1 is 0.765 bits per heavy atom. The van der Waals surface area contributed by atoms with Gasteiger partial charge < -0.3 is 0 Å². The minimum atomic E-state index is -2.21. The Morgan fingerprint density at radius 2 is 1.00 bits per heavy atom. The Labute approximate surface area is 97.3 Å². The lowest BCUT2D eigenvalue weighted by atomic mass is 9.86. The van der Waals surface area contributed by atoms with Crippen molar-refractivity contribution >= 4 is 11.6 Å². The molecule has 0 amide bonds. The third-order valence-corrected chi connectivity index (χ3v) is 3.35. The molecule has 0 aliphatic heterocycles. The predicted octanol–water partition coefficient (Wildman–Crippen LogP) is 0.232. The van der Waals surface area contributed by atoms with Gasteiger partial charge in [0, 0.05) is 0 Å². The molecule has 0 N–H and O–H groups in total. The fourth-order valence-corrected chi connectivity index (χ4v) is 2.59. The lowest BCUT2D eigenvalue weighted by Crippen LogP contribution is -2.30. The molecular formula is C11H6N4O2. The largest absolute Gasteiger partial charge is 0.299 e. The van der Waals surface area contributed by atoms with Crippen molar-refractivity contribution in [2.75, 3.05) is 0 Å². The maximum absolute atomic E-state index is 11.6. The van der Waals surface area contributed by atoms with Gasteiger partial charge in [-0.05, 0) is 13.8 Å². The molecule has 0 heterocycles. The van der Waals surface area contributed by atoms with Crippen LogP contribution in [0.4, 0.5) is 0 Å². The third-order valence-electron chi connectivity index (χ3n) is 3.35. The van der Waals surface area contributed by atoms with Gasteiger partial charge in [-0.2, -0.15) is 21.0 Å². The number of carbonyl (C=O) groups is 2. The predicted molar refractivity (Wildman–Crippen MR) is 51.1 cm³/mol. The van der Waals surface area contributed by atoms with E-state index in [-0.39, 0.29) is 0 Å². The van der Waals surface area contributed by atoms with E-state index in [1.165, 1.54) is 24.3 Å². The van der Waals surface area contributed by atoms with Crippen LogP contribution < -0.4 is 0 Å². The summed E-state index contributed by atoms with van der Waals surface area (Å²) in [6, 6.07) is 6.00. The van der Waals surface area contributed by atoms with Crippen molar-refractivity contribution in [3.8, 4) is 24.3 Å². The molecule has 0 spiro atoms. The van der Waals surface area contributed by atoms with Gasteiger partial charge in [0.25, 0.3) is 0 Å². The molecule has 0 aromatic rings. The van der Waals surface area contributed by atoms with E-state index < -0.39 is 27.8 Å². The number of nitriles is 4. The van der Waals surface area contributed by atoms with Gasteiger partial charge in [-0.15, -0.1) is 0 Å². The summed E-state index contributed by atoms with van der Waals surface area (Å²) >= 11 is 0. The second kappa shape index (κ2) is 3.14. The molecule has 0 atom stereocenters. The standard InChI is InChI=1S/C11H6N4O2/c1-7(16)11(8(2)17)9(3-12,4-13)10(11,5-14)6-15/h1-2H3. The number of hydrogen-bond acceptors (Lipinski definition) is 6. The van der Waals surface area contributed by atoms with Crippen molar-refractivity contribution < 1.29 is 9.59 Å². The lowest BCUT2D eigenvalue weighted by molar-refractivity contribution is -0.133. The Kier molecular flexibility index (Phi) is 2.29. The van der Waals surface area contributed by atoms with Crippen LogP contribution in [0.1, 0.15) is 13.8 Å². The average Bonchev–Trinajstić information content (AvgIpc) is 2.87. The fourth-order valence-electron chi connectivity index (χ4n) is 2.59. The van der Waals surface area contributed by atoms with Gasteiger partial charge in [-0.1, -0.05) is 0 Å². The molecule has 1 rings (SSSR count). The van der Waals surface area contributed by atoms with Crippen molar-refractivity contribution in [1.82, 2.24) is 0 Å². The van der Waals surface area contributed by atoms with E-state index in [0.29, 0.717) is 0 Å². The molecule has 6 heteroatoms. The first-order chi connectivity index (χ1) is 7.88. The third kappa shape index (κ3) is 0.792. The summed E-state index contributed by atoms with van der Waals surface area (Å²) in [5.74, 6) is -1.62. The molecule has 0 aromatic heterocycles. The first-order valence-corrected chi connectivity index (χ1v) is 4.55. The van der Waals surface area contributed by atoms with Crippen LogP contribution in [0.15, 0.2) is 0 Å². The molecule has 1 fully saturated rings. The molecule has 82 valence electrons. The first-order valence-electron chi connectivity index (χ1n) is 4.55. The topological polar surface area (TPSA) is 129 Å². The Hall–Kier alpha value is -2.70. The number of hydrogen-bond donors (Lipinski definition) is 0. The monoisotopic (exact) mass is 226 g/mol. The minimum absolute atomic E-state index is 0.809. The van der Waals surface area contributed by atoms with E-state index in [9.17, 15) is 9.59 Å². The molecule has 6 nitrogen and oxygen atoms in total. The molecule has 1 aliphatic rings. The highest BCUT2D eigenvalue weighted by Crippen LogP contribution is 2.78. The molecule has 0 unspecified atom stereocenters. The van der Waals surface area contributed by atoms with E-state index in [2.05, 4.69) is 0 Å². The van der Waals surface area contributed by atoms with E-state index in [1.807, 2.05) is 0 Å². The number of rotatable bonds is 2. The fraction of sp³-hybridized carbons (Fsp3) is 0.455. The second-order valence-corrected chi connectivity index (χ2v) is 3.81. The highest BCUT2D eigenvalue weighted by molar-refractivity contribution is 6.14. The number of nitrogens with zero attached hydrogens (tertiary/aromatic N) is 4. The quantitative estimate of drug-likeness (QED) is 0.619. The molecule has 0 saturated heterocycles. The van der Waals surface area contributed by atoms with Gasteiger partial charge >= 0.3 is 0 Å². The van der Waals surface area contributed by atoms with Crippen molar-refractivity contribution in [1.29, 1.82) is 21.0 Å². The van der Waals surface area contributed by atoms with E-state index in [0.717, 1.165) is 13.8 Å². The molecule has 0 radical (unpaired) electrons. The van der Waals surface area contributed by atoms with Gasteiger partial charge in [0.1, 0.15) is 11.6 Å². The zero-order valence-corrected chi connectivity index (χ0v) is 9.11. The van der Waals surface area contributed by atoms with Crippen LogP contribution in [0.5, 0.6) is 0 Å². The summed E-state index contributed by atoms with van der Waals surface area (Å²) in [5.41, 5.74) is -6.56. The molecule has 0 aromatic carbocycles. The first kappa shape index (κ1) is 12.4. The maximum atomic E-state index is 11.6. The number of Topliss-reactive ketones (excluding diaryl/α,β-unsaturated/α-hetero) is 2. The molecule has 0 bridgehead atoms. The molecular weight excluding hydrogens is 220 g/mol. The molecule has 17 heavy (non-hydrogen) atoms.